The number of carbonyl (C=O) groups excluding carboxylic acids is 2. The SMILES string of the molecule is CCc1ccc(O[C@H](C)C(=O)NCc2nnc(SCC(=O)Nc3ccc(Br)cc3)n2C)cc1. The first-order valence-electron chi connectivity index (χ1n) is 10.5. The first-order valence-corrected chi connectivity index (χ1v) is 12.2. The largest absolute Gasteiger partial charge is 0.481 e. The van der Waals surface area contributed by atoms with Gasteiger partial charge in [-0.05, 0) is 55.3 Å². The third-order valence-corrected chi connectivity index (χ3v) is 6.37. The van der Waals surface area contributed by atoms with E-state index in [1.807, 2.05) is 48.5 Å². The molecule has 8 nitrogen and oxygen atoms in total. The lowest BCUT2D eigenvalue weighted by Gasteiger charge is -2.15. The molecule has 10 heteroatoms. The standard InChI is InChI=1S/C23H26BrN5O3S/c1-4-16-5-11-19(12-6-16)32-15(2)22(31)25-13-20-27-28-23(29(20)3)33-14-21(30)26-18-9-7-17(24)8-10-18/h5-12,15H,4,13-14H2,1-3H3,(H,25,31)(H,26,30)/t15-/m1/s1. The molecule has 0 spiro atoms. The highest BCUT2D eigenvalue weighted by Gasteiger charge is 2.17. The van der Waals surface area contributed by atoms with Crippen LogP contribution in [0.4, 0.5) is 5.69 Å². The van der Waals surface area contributed by atoms with E-state index in [4.69, 9.17) is 4.74 Å². The lowest BCUT2D eigenvalue weighted by atomic mass is 10.2. The Morgan fingerprint density at radius 3 is 2.48 bits per heavy atom. The summed E-state index contributed by atoms with van der Waals surface area (Å²) in [6.07, 6.45) is 0.298. The van der Waals surface area contributed by atoms with Crippen molar-refractivity contribution in [2.75, 3.05) is 11.1 Å². The molecule has 0 unspecified atom stereocenters. The van der Waals surface area contributed by atoms with Crippen LogP contribution in [0, 0.1) is 0 Å². The molecule has 0 aliphatic carbocycles. The summed E-state index contributed by atoms with van der Waals surface area (Å²) in [5, 5.41) is 14.5. The minimum absolute atomic E-state index is 0.141. The summed E-state index contributed by atoms with van der Waals surface area (Å²) in [5.41, 5.74) is 1.93. The monoisotopic (exact) mass is 531 g/mol. The minimum atomic E-state index is -0.651. The first kappa shape index (κ1) is 24.8. The number of aromatic nitrogens is 3. The Bertz CT molecular complexity index is 1090. The maximum atomic E-state index is 12.4. The summed E-state index contributed by atoms with van der Waals surface area (Å²) in [7, 11) is 1.80. The van der Waals surface area contributed by atoms with Crippen molar-refractivity contribution in [2.24, 2.45) is 7.05 Å². The van der Waals surface area contributed by atoms with E-state index in [-0.39, 0.29) is 24.1 Å². The number of carbonyl (C=O) groups is 2. The second-order valence-electron chi connectivity index (χ2n) is 7.28. The fourth-order valence-corrected chi connectivity index (χ4v) is 3.85. The average molecular weight is 532 g/mol. The Balaban J connectivity index is 1.46. The molecular weight excluding hydrogens is 506 g/mol. The molecule has 2 amide bonds. The Morgan fingerprint density at radius 2 is 1.82 bits per heavy atom. The van der Waals surface area contributed by atoms with Crippen molar-refractivity contribution in [3.05, 3.63) is 64.4 Å². The zero-order valence-corrected chi connectivity index (χ0v) is 21.1. The Kier molecular flexibility index (Phi) is 8.90. The number of amides is 2. The third kappa shape index (κ3) is 7.33. The highest BCUT2D eigenvalue weighted by Crippen LogP contribution is 2.18. The fraction of sp³-hybridized carbons (Fsp3) is 0.304. The van der Waals surface area contributed by atoms with Crippen LogP contribution in [-0.2, 0) is 29.6 Å². The van der Waals surface area contributed by atoms with Crippen molar-refractivity contribution in [1.82, 2.24) is 20.1 Å². The van der Waals surface area contributed by atoms with Gasteiger partial charge in [0.15, 0.2) is 17.1 Å². The Morgan fingerprint density at radius 1 is 1.12 bits per heavy atom. The first-order chi connectivity index (χ1) is 15.9. The molecule has 2 N–H and O–H groups in total. The molecule has 0 saturated carbocycles. The van der Waals surface area contributed by atoms with Crippen LogP contribution in [0.3, 0.4) is 0 Å². The summed E-state index contributed by atoms with van der Waals surface area (Å²) in [6, 6.07) is 15.1. The number of thioether (sulfide) groups is 1. The number of hydrogen-bond acceptors (Lipinski definition) is 6. The van der Waals surface area contributed by atoms with Crippen LogP contribution in [0.25, 0.3) is 0 Å². The molecule has 0 fully saturated rings. The van der Waals surface area contributed by atoms with Crippen LogP contribution < -0.4 is 15.4 Å². The highest BCUT2D eigenvalue weighted by molar-refractivity contribution is 9.10. The van der Waals surface area contributed by atoms with Crippen LogP contribution in [0.15, 0.2) is 58.2 Å². The van der Waals surface area contributed by atoms with Crippen LogP contribution in [0.5, 0.6) is 5.75 Å². The van der Waals surface area contributed by atoms with E-state index in [0.29, 0.717) is 16.7 Å². The van der Waals surface area contributed by atoms with Crippen LogP contribution in [0.2, 0.25) is 0 Å². The number of hydrogen-bond donors (Lipinski definition) is 2. The van der Waals surface area contributed by atoms with Gasteiger partial charge in [-0.3, -0.25) is 9.59 Å². The fourth-order valence-electron chi connectivity index (χ4n) is 2.86. The molecule has 0 saturated heterocycles. The van der Waals surface area contributed by atoms with Crippen molar-refractivity contribution in [3.8, 4) is 5.75 Å². The molecule has 1 atom stereocenters. The zero-order chi connectivity index (χ0) is 23.8. The quantitative estimate of drug-likeness (QED) is 0.384. The summed E-state index contributed by atoms with van der Waals surface area (Å²) >= 11 is 4.64. The second kappa shape index (κ2) is 11.9. The number of ether oxygens (including phenoxy) is 1. The van der Waals surface area contributed by atoms with Gasteiger partial charge in [-0.25, -0.2) is 0 Å². The van der Waals surface area contributed by atoms with E-state index in [1.54, 1.807) is 18.5 Å². The van der Waals surface area contributed by atoms with Gasteiger partial charge >= 0.3 is 0 Å². The van der Waals surface area contributed by atoms with Gasteiger partial charge in [0.2, 0.25) is 5.91 Å². The van der Waals surface area contributed by atoms with Crippen LogP contribution >= 0.6 is 27.7 Å². The van der Waals surface area contributed by atoms with E-state index < -0.39 is 6.10 Å². The number of rotatable bonds is 10. The Hall–Kier alpha value is -2.85. The molecule has 3 rings (SSSR count). The zero-order valence-electron chi connectivity index (χ0n) is 18.7. The number of halogens is 1. The van der Waals surface area contributed by atoms with Gasteiger partial charge in [0, 0.05) is 17.2 Å². The van der Waals surface area contributed by atoms with E-state index >= 15 is 0 Å². The van der Waals surface area contributed by atoms with E-state index in [9.17, 15) is 9.59 Å². The molecular formula is C23H26BrN5O3S. The molecule has 0 bridgehead atoms. The van der Waals surface area contributed by atoms with Gasteiger partial charge in [0.25, 0.3) is 5.91 Å². The van der Waals surface area contributed by atoms with E-state index in [1.165, 1.54) is 17.3 Å². The summed E-state index contributed by atoms with van der Waals surface area (Å²) in [4.78, 5) is 24.6. The van der Waals surface area contributed by atoms with E-state index in [0.717, 1.165) is 16.6 Å². The van der Waals surface area contributed by atoms with Crippen molar-refractivity contribution >= 4 is 45.2 Å². The third-order valence-electron chi connectivity index (χ3n) is 4.82. The van der Waals surface area contributed by atoms with Crippen molar-refractivity contribution in [1.29, 1.82) is 0 Å². The summed E-state index contributed by atoms with van der Waals surface area (Å²) < 4.78 is 8.42. The van der Waals surface area contributed by atoms with Crippen molar-refractivity contribution in [2.45, 2.75) is 38.1 Å². The van der Waals surface area contributed by atoms with Gasteiger partial charge < -0.3 is 19.9 Å². The number of nitrogens with zero attached hydrogens (tertiary/aromatic N) is 3. The number of nitrogens with one attached hydrogen (secondary N) is 2. The maximum absolute atomic E-state index is 12.4. The maximum Gasteiger partial charge on any atom is 0.261 e. The normalized spacial score (nSPS) is 11.6. The molecule has 1 aromatic heterocycles. The summed E-state index contributed by atoms with van der Waals surface area (Å²) in [5.74, 6) is 1.03. The van der Waals surface area contributed by atoms with Gasteiger partial charge in [0.1, 0.15) is 5.75 Å². The van der Waals surface area contributed by atoms with Gasteiger partial charge in [-0.1, -0.05) is 46.7 Å². The van der Waals surface area contributed by atoms with Gasteiger partial charge in [-0.2, -0.15) is 0 Å². The topological polar surface area (TPSA) is 98.1 Å². The second-order valence-corrected chi connectivity index (χ2v) is 9.14. The lowest BCUT2D eigenvalue weighted by molar-refractivity contribution is -0.127. The summed E-state index contributed by atoms with van der Waals surface area (Å²) in [6.45, 7) is 3.99. The average Bonchev–Trinajstić information content (AvgIpc) is 3.17. The number of anilines is 1. The molecule has 1 heterocycles. The molecule has 33 heavy (non-hydrogen) atoms. The van der Waals surface area contributed by atoms with E-state index in [2.05, 4.69) is 43.7 Å². The van der Waals surface area contributed by atoms with Crippen molar-refractivity contribution in [3.63, 3.8) is 0 Å². The number of aryl methyl sites for hydroxylation is 1. The molecule has 174 valence electrons. The molecule has 2 aromatic carbocycles. The van der Waals surface area contributed by atoms with Crippen LogP contribution in [0.1, 0.15) is 25.2 Å². The minimum Gasteiger partial charge on any atom is -0.481 e. The van der Waals surface area contributed by atoms with Crippen molar-refractivity contribution < 1.29 is 14.3 Å². The predicted molar refractivity (Wildman–Crippen MR) is 132 cm³/mol. The van der Waals surface area contributed by atoms with Gasteiger partial charge in [-0.15, -0.1) is 10.2 Å². The lowest BCUT2D eigenvalue weighted by Crippen LogP contribution is -2.36. The van der Waals surface area contributed by atoms with Crippen LogP contribution in [-0.4, -0.2) is 38.4 Å². The molecule has 3 aromatic rings. The molecule has 0 aliphatic heterocycles. The number of benzene rings is 2. The Labute approximate surface area is 205 Å². The predicted octanol–water partition coefficient (Wildman–Crippen LogP) is 3.95. The molecule has 0 radical (unpaired) electrons. The molecule has 0 aliphatic rings. The van der Waals surface area contributed by atoms with Gasteiger partial charge in [0.05, 0.1) is 12.3 Å². The highest BCUT2D eigenvalue weighted by atomic mass is 79.9. The smallest absolute Gasteiger partial charge is 0.261 e.